The van der Waals surface area contributed by atoms with Gasteiger partial charge in [-0.1, -0.05) is 17.7 Å². The summed E-state index contributed by atoms with van der Waals surface area (Å²) in [7, 11) is 0. The van der Waals surface area contributed by atoms with Gasteiger partial charge < -0.3 is 14.2 Å². The fraction of sp³-hybridized carbons (Fsp3) is 0.625. The van der Waals surface area contributed by atoms with Gasteiger partial charge in [-0.05, 0) is 70.8 Å². The van der Waals surface area contributed by atoms with Gasteiger partial charge in [-0.25, -0.2) is 4.79 Å². The van der Waals surface area contributed by atoms with Crippen molar-refractivity contribution in [1.82, 2.24) is 0 Å². The van der Waals surface area contributed by atoms with Crippen molar-refractivity contribution >= 4 is 17.6 Å². The smallest absolute Gasteiger partial charge is 0.330 e. The van der Waals surface area contributed by atoms with Crippen molar-refractivity contribution in [2.75, 3.05) is 13.2 Å². The Kier molecular flexibility index (Phi) is 5.35. The molecule has 0 radical (unpaired) electrons. The number of fused-ring (bicyclic) bond motifs is 4. The third kappa shape index (κ3) is 4.28. The molecule has 1 heterocycles. The molecular formula is C24H31ClO4. The van der Waals surface area contributed by atoms with Gasteiger partial charge in [-0.2, -0.15) is 0 Å². The second-order valence-corrected chi connectivity index (χ2v) is 10.1. The number of esters is 1. The lowest BCUT2D eigenvalue weighted by Crippen LogP contribution is -2.43. The highest BCUT2D eigenvalue weighted by Gasteiger charge is 2.48. The summed E-state index contributed by atoms with van der Waals surface area (Å²) in [6, 6.07) is 3.87. The highest BCUT2D eigenvalue weighted by atomic mass is 35.5. The average Bonchev–Trinajstić information content (AvgIpc) is 3.00. The quantitative estimate of drug-likeness (QED) is 0.426. The van der Waals surface area contributed by atoms with E-state index in [9.17, 15) is 4.79 Å². The van der Waals surface area contributed by atoms with Crippen LogP contribution < -0.4 is 9.47 Å². The first kappa shape index (κ1) is 20.6. The van der Waals surface area contributed by atoms with Crippen molar-refractivity contribution in [3.8, 4) is 11.5 Å². The van der Waals surface area contributed by atoms with Crippen molar-refractivity contribution in [3.63, 3.8) is 0 Å². The van der Waals surface area contributed by atoms with Gasteiger partial charge >= 0.3 is 5.97 Å². The van der Waals surface area contributed by atoms with E-state index in [4.69, 9.17) is 25.8 Å². The van der Waals surface area contributed by atoms with E-state index < -0.39 is 0 Å². The molecule has 0 unspecified atom stereocenters. The van der Waals surface area contributed by atoms with Crippen LogP contribution in [0, 0.1) is 10.8 Å². The topological polar surface area (TPSA) is 44.8 Å². The van der Waals surface area contributed by atoms with E-state index in [0.717, 1.165) is 62.0 Å². The third-order valence-electron chi connectivity index (χ3n) is 6.94. The Labute approximate surface area is 178 Å². The Bertz CT molecular complexity index is 802. The number of hydrogen-bond acceptors (Lipinski definition) is 4. The van der Waals surface area contributed by atoms with E-state index >= 15 is 0 Å². The molecule has 5 rings (SSSR count). The molecule has 0 N–H and O–H groups in total. The fourth-order valence-corrected chi connectivity index (χ4v) is 5.40. The molecule has 4 aliphatic rings. The lowest BCUT2D eigenvalue weighted by molar-refractivity contribution is -0.137. The molecule has 0 spiro atoms. The second-order valence-electron chi connectivity index (χ2n) is 9.67. The monoisotopic (exact) mass is 418 g/mol. The van der Waals surface area contributed by atoms with Gasteiger partial charge in [0.15, 0.2) is 11.5 Å². The van der Waals surface area contributed by atoms with Gasteiger partial charge in [0.2, 0.25) is 0 Å². The molecule has 29 heavy (non-hydrogen) atoms. The normalized spacial score (nSPS) is 29.5. The molecule has 158 valence electrons. The van der Waals surface area contributed by atoms with Crippen LogP contribution >= 0.6 is 11.6 Å². The summed E-state index contributed by atoms with van der Waals surface area (Å²) in [4.78, 5) is 11.7. The molecular weight excluding hydrogens is 388 g/mol. The Morgan fingerprint density at radius 2 is 1.86 bits per heavy atom. The molecule has 5 heteroatoms. The zero-order chi connectivity index (χ0) is 20.7. The lowest BCUT2D eigenvalue weighted by Gasteiger charge is -2.52. The van der Waals surface area contributed by atoms with Crippen LogP contribution in [0.3, 0.4) is 0 Å². The van der Waals surface area contributed by atoms with Crippen LogP contribution in [0.25, 0.3) is 0 Å². The number of carbonyl (C=O) groups is 1. The summed E-state index contributed by atoms with van der Waals surface area (Å²) in [6.07, 6.45) is 11.2. The minimum Gasteiger partial charge on any atom is -0.489 e. The largest absolute Gasteiger partial charge is 0.489 e. The van der Waals surface area contributed by atoms with E-state index in [0.29, 0.717) is 18.2 Å². The van der Waals surface area contributed by atoms with Crippen LogP contribution in [0.4, 0.5) is 0 Å². The molecule has 0 atom stereocenters. The summed E-state index contributed by atoms with van der Waals surface area (Å²) in [5.41, 5.74) is 1.27. The number of rotatable bonds is 6. The molecule has 3 fully saturated rings. The number of benzene rings is 1. The minimum atomic E-state index is -0.231. The minimum absolute atomic E-state index is 0.152. The first-order valence-electron chi connectivity index (χ1n) is 10.7. The van der Waals surface area contributed by atoms with Gasteiger partial charge in [0.05, 0.1) is 13.2 Å². The van der Waals surface area contributed by atoms with Gasteiger partial charge in [0, 0.05) is 34.6 Å². The van der Waals surface area contributed by atoms with Gasteiger partial charge in [0.25, 0.3) is 0 Å². The van der Waals surface area contributed by atoms with Crippen molar-refractivity contribution in [1.29, 1.82) is 0 Å². The van der Waals surface area contributed by atoms with Crippen molar-refractivity contribution in [3.05, 3.63) is 34.9 Å². The number of allylic oxidation sites excluding steroid dienone is 1. The summed E-state index contributed by atoms with van der Waals surface area (Å²) in [6.45, 7) is 7.14. The van der Waals surface area contributed by atoms with Gasteiger partial charge in [0.1, 0.15) is 5.60 Å². The SMILES string of the molecule is CCOC(=O)/C=C/C12CCC(COc3cc(Cl)cc4c3OC(C)(C)C4)(CC1)CC2. The molecule has 3 saturated carbocycles. The molecule has 4 nitrogen and oxygen atoms in total. The van der Waals surface area contributed by atoms with E-state index in [1.165, 1.54) is 0 Å². The Hall–Kier alpha value is -1.68. The first-order valence-corrected chi connectivity index (χ1v) is 11.1. The standard InChI is InChI=1S/C24H31ClO4/c1-4-27-20(26)5-6-23-7-10-24(11-8-23,12-9-23)16-28-19-14-18(25)13-17-15-22(2,3)29-21(17)19/h5-6,13-14H,4,7-12,15-16H2,1-3H3/b6-5+. The predicted octanol–water partition coefficient (Wildman–Crippen LogP) is 5.89. The van der Waals surface area contributed by atoms with E-state index in [-0.39, 0.29) is 22.4 Å². The van der Waals surface area contributed by atoms with Crippen molar-refractivity contribution in [2.24, 2.45) is 10.8 Å². The van der Waals surface area contributed by atoms with E-state index in [1.807, 2.05) is 19.1 Å². The van der Waals surface area contributed by atoms with Crippen molar-refractivity contribution in [2.45, 2.75) is 71.3 Å². The number of hydrogen-bond donors (Lipinski definition) is 0. The first-order chi connectivity index (χ1) is 13.7. The van der Waals surface area contributed by atoms with Crippen LogP contribution in [-0.2, 0) is 16.0 Å². The maximum absolute atomic E-state index is 11.7. The summed E-state index contributed by atoms with van der Waals surface area (Å²) >= 11 is 6.34. The Balaban J connectivity index is 1.41. The average molecular weight is 419 g/mol. The maximum atomic E-state index is 11.7. The van der Waals surface area contributed by atoms with Crippen LogP contribution in [0.2, 0.25) is 5.02 Å². The number of ether oxygens (including phenoxy) is 3. The Morgan fingerprint density at radius 3 is 2.52 bits per heavy atom. The molecule has 1 aliphatic heterocycles. The second kappa shape index (κ2) is 7.54. The number of halogens is 1. The zero-order valence-corrected chi connectivity index (χ0v) is 18.4. The highest BCUT2D eigenvalue weighted by molar-refractivity contribution is 6.30. The summed E-state index contributed by atoms with van der Waals surface area (Å²) < 4.78 is 17.5. The fourth-order valence-electron chi connectivity index (χ4n) is 5.17. The molecule has 3 aliphatic carbocycles. The van der Waals surface area contributed by atoms with Crippen LogP contribution in [0.5, 0.6) is 11.5 Å². The number of carbonyl (C=O) groups excluding carboxylic acids is 1. The molecule has 0 amide bonds. The van der Waals surface area contributed by atoms with Gasteiger partial charge in [-0.15, -0.1) is 0 Å². The molecule has 2 bridgehead atoms. The third-order valence-corrected chi connectivity index (χ3v) is 7.16. The van der Waals surface area contributed by atoms with Crippen LogP contribution in [-0.4, -0.2) is 24.8 Å². The Morgan fingerprint density at radius 1 is 1.17 bits per heavy atom. The van der Waals surface area contributed by atoms with Crippen molar-refractivity contribution < 1.29 is 19.0 Å². The maximum Gasteiger partial charge on any atom is 0.330 e. The lowest BCUT2D eigenvalue weighted by atomic mass is 9.54. The van der Waals surface area contributed by atoms with Crippen LogP contribution in [0.15, 0.2) is 24.3 Å². The molecule has 0 aromatic heterocycles. The zero-order valence-electron chi connectivity index (χ0n) is 17.7. The van der Waals surface area contributed by atoms with Gasteiger partial charge in [-0.3, -0.25) is 0 Å². The molecule has 0 saturated heterocycles. The molecule has 1 aromatic rings. The van der Waals surface area contributed by atoms with E-state index in [2.05, 4.69) is 19.9 Å². The summed E-state index contributed by atoms with van der Waals surface area (Å²) in [5, 5.41) is 0.702. The highest BCUT2D eigenvalue weighted by Crippen LogP contribution is 2.58. The van der Waals surface area contributed by atoms with Crippen LogP contribution in [0.1, 0.15) is 64.9 Å². The van der Waals surface area contributed by atoms with E-state index in [1.54, 1.807) is 6.08 Å². The predicted molar refractivity (Wildman–Crippen MR) is 114 cm³/mol. The molecule has 1 aromatic carbocycles. The summed E-state index contributed by atoms with van der Waals surface area (Å²) in [5.74, 6) is 1.40.